The van der Waals surface area contributed by atoms with Crippen molar-refractivity contribution in [2.75, 3.05) is 0 Å². The van der Waals surface area contributed by atoms with Crippen molar-refractivity contribution in [1.29, 1.82) is 0 Å². The molecule has 0 aliphatic carbocycles. The van der Waals surface area contributed by atoms with Crippen LogP contribution in [-0.4, -0.2) is 11.7 Å². The molecular formula is C20H16BrN2O. The van der Waals surface area contributed by atoms with Crippen LogP contribution < -0.4 is 5.32 Å². The van der Waals surface area contributed by atoms with Gasteiger partial charge in [-0.05, 0) is 49.6 Å². The van der Waals surface area contributed by atoms with Gasteiger partial charge in [-0.15, -0.1) is 0 Å². The van der Waals surface area contributed by atoms with Gasteiger partial charge in [0.05, 0.1) is 11.6 Å². The van der Waals surface area contributed by atoms with Crippen LogP contribution >= 0.6 is 15.9 Å². The number of aliphatic imine (C=N–C) groups is 1. The summed E-state index contributed by atoms with van der Waals surface area (Å²) in [7, 11) is 0. The largest absolute Gasteiger partial charge is 0.279 e. The number of benzene rings is 2. The fraction of sp³-hybridized carbons (Fsp3) is 0.200. The number of amidine groups is 1. The van der Waals surface area contributed by atoms with E-state index in [1.165, 1.54) is 0 Å². The fourth-order valence-corrected chi connectivity index (χ4v) is 3.73. The Morgan fingerprint density at radius 2 is 1.71 bits per heavy atom. The van der Waals surface area contributed by atoms with E-state index in [2.05, 4.69) is 38.4 Å². The maximum Gasteiger partial charge on any atom is 0.279 e. The first-order valence-corrected chi connectivity index (χ1v) is 8.67. The molecule has 4 rings (SSSR count). The van der Waals surface area contributed by atoms with Crippen LogP contribution in [0.5, 0.6) is 0 Å². The maximum absolute atomic E-state index is 12.5. The normalized spacial score (nSPS) is 18.5. The monoisotopic (exact) mass is 379 g/mol. The molecule has 1 atom stereocenters. The zero-order valence-corrected chi connectivity index (χ0v) is 15.3. The third kappa shape index (κ3) is 2.42. The molecule has 0 aromatic heterocycles. The van der Waals surface area contributed by atoms with Crippen LogP contribution in [0.25, 0.3) is 5.57 Å². The van der Waals surface area contributed by atoms with E-state index in [4.69, 9.17) is 0 Å². The Morgan fingerprint density at radius 1 is 1.00 bits per heavy atom. The molecule has 1 amide bonds. The van der Waals surface area contributed by atoms with E-state index in [-0.39, 0.29) is 11.8 Å². The van der Waals surface area contributed by atoms with Crippen molar-refractivity contribution >= 4 is 38.9 Å². The van der Waals surface area contributed by atoms with Gasteiger partial charge in [0.2, 0.25) is 0 Å². The number of aryl methyl sites for hydroxylation is 3. The van der Waals surface area contributed by atoms with E-state index < -0.39 is 0 Å². The van der Waals surface area contributed by atoms with Crippen molar-refractivity contribution < 1.29 is 4.79 Å². The fourth-order valence-electron chi connectivity index (χ4n) is 3.37. The predicted octanol–water partition coefficient (Wildman–Crippen LogP) is 4.73. The van der Waals surface area contributed by atoms with E-state index >= 15 is 0 Å². The molecular weight excluding hydrogens is 364 g/mol. The van der Waals surface area contributed by atoms with Crippen molar-refractivity contribution in [3.05, 3.63) is 68.7 Å². The Hall–Kier alpha value is -2.20. The lowest BCUT2D eigenvalue weighted by Crippen LogP contribution is -2.19. The molecule has 0 bridgehead atoms. The molecule has 2 heterocycles. The minimum absolute atomic E-state index is 0.0505. The van der Waals surface area contributed by atoms with Crippen molar-refractivity contribution in [3.63, 3.8) is 0 Å². The van der Waals surface area contributed by atoms with Gasteiger partial charge in [0.1, 0.15) is 5.84 Å². The van der Waals surface area contributed by atoms with Gasteiger partial charge in [-0.3, -0.25) is 4.79 Å². The van der Waals surface area contributed by atoms with Crippen LogP contribution in [0.15, 0.2) is 45.9 Å². The summed E-state index contributed by atoms with van der Waals surface area (Å²) in [6, 6.07) is 10.3. The van der Waals surface area contributed by atoms with Gasteiger partial charge in [-0.1, -0.05) is 51.3 Å². The van der Waals surface area contributed by atoms with Gasteiger partial charge in [0.25, 0.3) is 5.91 Å². The molecule has 3 nitrogen and oxygen atoms in total. The highest BCUT2D eigenvalue weighted by Gasteiger charge is 2.34. The number of hydrogen-bond donors (Lipinski definition) is 0. The third-order valence-corrected chi connectivity index (χ3v) is 5.32. The molecule has 24 heavy (non-hydrogen) atoms. The van der Waals surface area contributed by atoms with Gasteiger partial charge < -0.3 is 0 Å². The van der Waals surface area contributed by atoms with Gasteiger partial charge >= 0.3 is 0 Å². The summed E-state index contributed by atoms with van der Waals surface area (Å²) in [5, 5.41) is 4.55. The summed E-state index contributed by atoms with van der Waals surface area (Å²) in [5.74, 6) is 0.338. The molecule has 4 heteroatoms. The first-order valence-electron chi connectivity index (χ1n) is 7.87. The lowest BCUT2D eigenvalue weighted by atomic mass is 9.91. The van der Waals surface area contributed by atoms with E-state index in [0.717, 1.165) is 38.0 Å². The predicted molar refractivity (Wildman–Crippen MR) is 99.7 cm³/mol. The smallest absolute Gasteiger partial charge is 0.267 e. The van der Waals surface area contributed by atoms with Crippen LogP contribution in [-0.2, 0) is 4.79 Å². The lowest BCUT2D eigenvalue weighted by Gasteiger charge is -2.16. The summed E-state index contributed by atoms with van der Waals surface area (Å²) >= 11 is 3.59. The SMILES string of the molecule is Cc1cc(C)cc(C2=CC3C(=NC2=O)[N]c2cc(C)c(Br)cc23)c1. The molecule has 0 saturated heterocycles. The number of fused-ring (bicyclic) bond motifs is 3. The average molecular weight is 380 g/mol. The Kier molecular flexibility index (Phi) is 3.46. The summed E-state index contributed by atoms with van der Waals surface area (Å²) in [6.07, 6.45) is 2.01. The van der Waals surface area contributed by atoms with E-state index in [1.807, 2.05) is 45.0 Å². The molecule has 0 fully saturated rings. The summed E-state index contributed by atoms with van der Waals surface area (Å²) < 4.78 is 1.05. The quantitative estimate of drug-likeness (QED) is 0.705. The topological polar surface area (TPSA) is 43.5 Å². The number of amides is 1. The van der Waals surface area contributed by atoms with Gasteiger partial charge in [-0.2, -0.15) is 4.99 Å². The second-order valence-corrected chi connectivity index (χ2v) is 7.34. The third-order valence-electron chi connectivity index (χ3n) is 4.47. The first kappa shape index (κ1) is 15.3. The number of halogens is 1. The molecule has 0 N–H and O–H groups in total. The summed E-state index contributed by atoms with van der Waals surface area (Å²) in [6.45, 7) is 6.11. The molecule has 2 aromatic carbocycles. The van der Waals surface area contributed by atoms with Crippen molar-refractivity contribution in [2.45, 2.75) is 26.7 Å². The summed E-state index contributed by atoms with van der Waals surface area (Å²) in [4.78, 5) is 16.8. The molecule has 2 aromatic rings. The van der Waals surface area contributed by atoms with Crippen LogP contribution in [0.4, 0.5) is 5.69 Å². The standard InChI is InChI=1S/C20H16BrN2O/c1-10-4-11(2)6-13(5-10)14-8-16-15-9-17(21)12(3)7-18(15)22-19(16)23-20(14)24/h4-9,16H,1-3H3. The van der Waals surface area contributed by atoms with E-state index in [1.54, 1.807) is 0 Å². The Morgan fingerprint density at radius 3 is 2.42 bits per heavy atom. The van der Waals surface area contributed by atoms with E-state index in [0.29, 0.717) is 11.4 Å². The molecule has 1 radical (unpaired) electrons. The van der Waals surface area contributed by atoms with Crippen LogP contribution in [0.2, 0.25) is 0 Å². The van der Waals surface area contributed by atoms with Gasteiger partial charge in [0, 0.05) is 10.0 Å². The van der Waals surface area contributed by atoms with Crippen molar-refractivity contribution in [2.24, 2.45) is 4.99 Å². The highest BCUT2D eigenvalue weighted by atomic mass is 79.9. The van der Waals surface area contributed by atoms with Crippen LogP contribution in [0, 0.1) is 20.8 Å². The molecule has 2 aliphatic rings. The zero-order chi connectivity index (χ0) is 17.0. The van der Waals surface area contributed by atoms with Crippen molar-refractivity contribution in [3.8, 4) is 0 Å². The van der Waals surface area contributed by atoms with Crippen LogP contribution in [0.3, 0.4) is 0 Å². The van der Waals surface area contributed by atoms with Gasteiger partial charge in [-0.25, -0.2) is 5.32 Å². The van der Waals surface area contributed by atoms with E-state index in [9.17, 15) is 4.79 Å². The number of hydrogen-bond acceptors (Lipinski definition) is 1. The lowest BCUT2D eigenvalue weighted by molar-refractivity contribution is -0.112. The highest BCUT2D eigenvalue weighted by molar-refractivity contribution is 9.10. The minimum Gasteiger partial charge on any atom is -0.267 e. The maximum atomic E-state index is 12.5. The highest BCUT2D eigenvalue weighted by Crippen LogP contribution is 2.41. The molecule has 0 spiro atoms. The second kappa shape index (κ2) is 5.42. The number of dihydropyridines is 1. The number of nitrogens with zero attached hydrogens (tertiary/aromatic N) is 2. The Labute approximate surface area is 149 Å². The Bertz CT molecular complexity index is 936. The molecule has 1 unspecified atom stereocenters. The summed E-state index contributed by atoms with van der Waals surface area (Å²) in [5.41, 5.74) is 7.01. The van der Waals surface area contributed by atoms with Gasteiger partial charge in [0.15, 0.2) is 0 Å². The number of carbonyl (C=O) groups excluding carboxylic acids is 1. The Balaban J connectivity index is 1.84. The minimum atomic E-state index is -0.210. The molecule has 2 aliphatic heterocycles. The average Bonchev–Trinajstić information content (AvgIpc) is 2.82. The molecule has 0 saturated carbocycles. The number of rotatable bonds is 1. The zero-order valence-electron chi connectivity index (χ0n) is 13.7. The number of carbonyl (C=O) groups is 1. The first-order chi connectivity index (χ1) is 11.4. The van der Waals surface area contributed by atoms with Crippen molar-refractivity contribution in [1.82, 2.24) is 5.32 Å². The van der Waals surface area contributed by atoms with Crippen LogP contribution in [0.1, 0.15) is 33.7 Å². The second-order valence-electron chi connectivity index (χ2n) is 6.48. The molecule has 119 valence electrons.